The van der Waals surface area contributed by atoms with Crippen LogP contribution in [0.2, 0.25) is 0 Å². The number of anilines is 2. The molecule has 160 valence electrons. The first-order chi connectivity index (χ1) is 14.6. The van der Waals surface area contributed by atoms with E-state index >= 15 is 0 Å². The van der Waals surface area contributed by atoms with E-state index in [-0.39, 0.29) is 19.0 Å². The normalized spacial score (nSPS) is 12.1. The fourth-order valence-electron chi connectivity index (χ4n) is 2.85. The summed E-state index contributed by atoms with van der Waals surface area (Å²) < 4.78 is 55.1. The molecule has 0 saturated carbocycles. The average molecular weight is 477 g/mol. The molecule has 1 heterocycles. The van der Waals surface area contributed by atoms with E-state index in [2.05, 4.69) is 0 Å². The summed E-state index contributed by atoms with van der Waals surface area (Å²) in [7, 11) is -9.45. The molecule has 4 N–H and O–H groups in total. The first kappa shape index (κ1) is 20.9. The number of nitrogens with two attached hydrogens (primary N) is 2. The summed E-state index contributed by atoms with van der Waals surface area (Å²) in [6.07, 6.45) is 0. The standard InChI is InChI=1S/C19H16N4O5S3/c20-13-5-9-15(10-6-13)30(25,26)23(31(27,28)16-11-7-14(21)8-12-16)22-19(24)17-3-1-2-4-18(17)29-22/h1-12H,20-21H2. The number of nitrogen functional groups attached to an aromatic ring is 2. The SMILES string of the molecule is Nc1ccc(S(=O)(=O)N(n2sc3ccccc3c2=O)S(=O)(=O)c2ccc(N)cc2)cc1. The third-order valence-electron chi connectivity index (χ3n) is 4.39. The molecule has 12 heteroatoms. The summed E-state index contributed by atoms with van der Waals surface area (Å²) in [4.78, 5) is 12.3. The Morgan fingerprint density at radius 3 is 1.61 bits per heavy atom. The fraction of sp³-hybridized carbons (Fsp3) is 0. The quantitative estimate of drug-likeness (QED) is 0.419. The van der Waals surface area contributed by atoms with Crippen molar-refractivity contribution in [2.24, 2.45) is 0 Å². The molecule has 1 aromatic heterocycles. The summed E-state index contributed by atoms with van der Waals surface area (Å²) in [5.41, 5.74) is 11.1. The lowest BCUT2D eigenvalue weighted by Gasteiger charge is -2.23. The van der Waals surface area contributed by atoms with Gasteiger partial charge < -0.3 is 11.5 Å². The third kappa shape index (κ3) is 3.54. The number of rotatable bonds is 5. The van der Waals surface area contributed by atoms with Crippen molar-refractivity contribution in [3.63, 3.8) is 0 Å². The van der Waals surface area contributed by atoms with Crippen molar-refractivity contribution >= 4 is 53.0 Å². The zero-order valence-corrected chi connectivity index (χ0v) is 18.2. The van der Waals surface area contributed by atoms with E-state index in [9.17, 15) is 21.6 Å². The highest BCUT2D eigenvalue weighted by atomic mass is 32.3. The van der Waals surface area contributed by atoms with Gasteiger partial charge in [-0.2, -0.15) is 16.8 Å². The first-order valence-electron chi connectivity index (χ1n) is 8.75. The minimum absolute atomic E-state index is 0.115. The van der Waals surface area contributed by atoms with Crippen LogP contribution in [0, 0.1) is 0 Å². The van der Waals surface area contributed by atoms with Crippen LogP contribution in [-0.2, 0) is 20.0 Å². The summed E-state index contributed by atoms with van der Waals surface area (Å²) >= 11 is 0.704. The second-order valence-electron chi connectivity index (χ2n) is 6.49. The molecule has 31 heavy (non-hydrogen) atoms. The second kappa shape index (κ2) is 7.41. The van der Waals surface area contributed by atoms with Crippen LogP contribution in [0.1, 0.15) is 0 Å². The van der Waals surface area contributed by atoms with Gasteiger partial charge in [-0.3, -0.25) is 4.79 Å². The van der Waals surface area contributed by atoms with Crippen molar-refractivity contribution < 1.29 is 16.8 Å². The zero-order valence-electron chi connectivity index (χ0n) is 15.7. The summed E-state index contributed by atoms with van der Waals surface area (Å²) in [6.45, 7) is 0. The summed E-state index contributed by atoms with van der Waals surface area (Å²) in [5.74, 6) is 0. The van der Waals surface area contributed by atoms with E-state index in [4.69, 9.17) is 11.5 Å². The van der Waals surface area contributed by atoms with Gasteiger partial charge in [-0.25, -0.2) is 0 Å². The van der Waals surface area contributed by atoms with Crippen LogP contribution in [0.15, 0.2) is 87.4 Å². The Bertz CT molecular complexity index is 1460. The van der Waals surface area contributed by atoms with Gasteiger partial charge in [0.2, 0.25) is 0 Å². The lowest BCUT2D eigenvalue weighted by Crippen LogP contribution is -2.48. The number of hydrogen-bond donors (Lipinski definition) is 2. The Kier molecular flexibility index (Phi) is 5.00. The first-order valence-corrected chi connectivity index (χ1v) is 12.4. The van der Waals surface area contributed by atoms with Gasteiger partial charge in [0.15, 0.2) is 0 Å². The van der Waals surface area contributed by atoms with Crippen molar-refractivity contribution in [1.82, 2.24) is 4.07 Å². The largest absolute Gasteiger partial charge is 0.399 e. The molecule has 0 aliphatic heterocycles. The van der Waals surface area contributed by atoms with E-state index in [0.29, 0.717) is 31.7 Å². The molecule has 0 amide bonds. The highest BCUT2D eigenvalue weighted by molar-refractivity contribution is 8.09. The van der Waals surface area contributed by atoms with Crippen LogP contribution in [0.3, 0.4) is 0 Å². The maximum atomic E-state index is 13.5. The molecule has 0 atom stereocenters. The van der Waals surface area contributed by atoms with Crippen LogP contribution in [0.25, 0.3) is 10.1 Å². The molecule has 0 fully saturated rings. The maximum absolute atomic E-state index is 13.5. The van der Waals surface area contributed by atoms with Gasteiger partial charge in [0.1, 0.15) is 0 Å². The van der Waals surface area contributed by atoms with Gasteiger partial charge in [-0.15, -0.1) is 4.07 Å². The van der Waals surface area contributed by atoms with Crippen LogP contribution < -0.4 is 20.8 Å². The monoisotopic (exact) mass is 476 g/mol. The Hall–Kier alpha value is -3.35. The molecule has 0 radical (unpaired) electrons. The fourth-order valence-corrected chi connectivity index (χ4v) is 7.82. The van der Waals surface area contributed by atoms with Gasteiger partial charge in [0, 0.05) is 11.4 Å². The number of fused-ring (bicyclic) bond motifs is 1. The van der Waals surface area contributed by atoms with Crippen molar-refractivity contribution in [2.45, 2.75) is 9.79 Å². The molecule has 0 unspecified atom stereocenters. The highest BCUT2D eigenvalue weighted by Crippen LogP contribution is 2.27. The van der Waals surface area contributed by atoms with Gasteiger partial charge in [-0.1, -0.05) is 16.0 Å². The van der Waals surface area contributed by atoms with Crippen LogP contribution in [0.5, 0.6) is 0 Å². The van der Waals surface area contributed by atoms with Gasteiger partial charge >= 0.3 is 0 Å². The van der Waals surface area contributed by atoms with Crippen LogP contribution >= 0.6 is 11.5 Å². The number of benzene rings is 3. The number of sulfonamides is 2. The predicted octanol–water partition coefficient (Wildman–Crippen LogP) is 1.94. The Morgan fingerprint density at radius 1 is 0.710 bits per heavy atom. The lowest BCUT2D eigenvalue weighted by atomic mass is 10.3. The van der Waals surface area contributed by atoms with Gasteiger partial charge in [-0.05, 0) is 72.2 Å². The smallest absolute Gasteiger partial charge is 0.292 e. The zero-order chi connectivity index (χ0) is 22.4. The third-order valence-corrected chi connectivity index (χ3v) is 9.72. The molecule has 0 aliphatic rings. The minimum Gasteiger partial charge on any atom is -0.399 e. The van der Waals surface area contributed by atoms with Crippen molar-refractivity contribution in [2.75, 3.05) is 15.3 Å². The predicted molar refractivity (Wildman–Crippen MR) is 120 cm³/mol. The molecule has 0 spiro atoms. The van der Waals surface area contributed by atoms with E-state index in [1.54, 1.807) is 18.2 Å². The lowest BCUT2D eigenvalue weighted by molar-refractivity contribution is 0.570. The van der Waals surface area contributed by atoms with Crippen LogP contribution in [0.4, 0.5) is 11.4 Å². The highest BCUT2D eigenvalue weighted by Gasteiger charge is 2.39. The summed E-state index contributed by atoms with van der Waals surface area (Å²) in [5, 5.41) is 0.192. The molecular weight excluding hydrogens is 460 g/mol. The topological polar surface area (TPSA) is 146 Å². The second-order valence-corrected chi connectivity index (χ2v) is 11.2. The van der Waals surface area contributed by atoms with Gasteiger partial charge in [0.25, 0.3) is 25.6 Å². The van der Waals surface area contributed by atoms with Crippen LogP contribution in [-0.4, -0.2) is 20.9 Å². The van der Waals surface area contributed by atoms with E-state index in [1.807, 2.05) is 0 Å². The number of hydrogen-bond acceptors (Lipinski definition) is 8. The number of aromatic nitrogens is 1. The van der Waals surface area contributed by atoms with E-state index in [1.165, 1.54) is 54.6 Å². The Balaban J connectivity index is 2.03. The molecule has 4 rings (SSSR count). The van der Waals surface area contributed by atoms with Crippen molar-refractivity contribution in [3.8, 4) is 0 Å². The van der Waals surface area contributed by atoms with Crippen molar-refractivity contribution in [1.29, 1.82) is 0 Å². The van der Waals surface area contributed by atoms with Gasteiger partial charge in [0.05, 0.1) is 19.9 Å². The van der Waals surface area contributed by atoms with Crippen molar-refractivity contribution in [3.05, 3.63) is 83.2 Å². The minimum atomic E-state index is -4.73. The maximum Gasteiger partial charge on any atom is 0.292 e. The molecule has 3 aromatic carbocycles. The van der Waals surface area contributed by atoms with E-state index in [0.717, 1.165) is 0 Å². The Morgan fingerprint density at radius 2 is 1.16 bits per heavy atom. The molecule has 0 aliphatic carbocycles. The van der Waals surface area contributed by atoms with E-state index < -0.39 is 25.6 Å². The molecule has 4 aromatic rings. The molecule has 0 saturated heterocycles. The Labute approximate surface area is 182 Å². The number of nitrogens with zero attached hydrogens (tertiary/aromatic N) is 2. The molecule has 0 bridgehead atoms. The summed E-state index contributed by atoms with van der Waals surface area (Å²) in [6, 6.07) is 16.4. The molecule has 9 nitrogen and oxygen atoms in total. The molecular formula is C19H16N4O5S3. The average Bonchev–Trinajstić information content (AvgIpc) is 3.04.